The number of hydrogen-bond donors (Lipinski definition) is 1. The second-order valence-corrected chi connectivity index (χ2v) is 8.18. The van der Waals surface area contributed by atoms with E-state index in [4.69, 9.17) is 24.7 Å². The molecule has 0 aliphatic carbocycles. The van der Waals surface area contributed by atoms with Crippen LogP contribution in [0.25, 0.3) is 0 Å². The number of nitrogens with two attached hydrogens (primary N) is 1. The molecule has 0 unspecified atom stereocenters. The van der Waals surface area contributed by atoms with E-state index in [1.165, 1.54) is 12.1 Å². The van der Waals surface area contributed by atoms with Crippen molar-refractivity contribution in [3.63, 3.8) is 0 Å². The molecule has 2 heterocycles. The Hall–Kier alpha value is -3.70. The molecule has 2 N–H and O–H groups in total. The smallest absolute Gasteiger partial charge is 0.231 e. The fraction of sp³-hybridized carbons (Fsp3) is 0.125. The Morgan fingerprint density at radius 3 is 2.66 bits per heavy atom. The van der Waals surface area contributed by atoms with E-state index in [9.17, 15) is 9.65 Å². The largest absolute Gasteiger partial charge is 0.489 e. The van der Waals surface area contributed by atoms with Crippen LogP contribution in [0.3, 0.4) is 0 Å². The molecule has 6 nitrogen and oxygen atoms in total. The standard InChI is InChI=1S/C24H16BrFN2O4/c25-14-4-5-19(29-11-13-2-1-3-15(26)6-13)16(7-14)23-17-8-21-22(31-12-30-21)9-20(17)32-24(28)18(23)10-27/h1-9,23H,11-12,28H2/t23-/m1/s1. The normalized spacial score (nSPS) is 16.2. The molecule has 160 valence electrons. The molecule has 0 saturated heterocycles. The van der Waals surface area contributed by atoms with E-state index in [1.54, 1.807) is 30.3 Å². The minimum Gasteiger partial charge on any atom is -0.489 e. The first-order valence-electron chi connectivity index (χ1n) is 9.71. The average Bonchev–Trinajstić information content (AvgIpc) is 3.23. The van der Waals surface area contributed by atoms with Crippen molar-refractivity contribution < 1.29 is 23.3 Å². The molecule has 0 bridgehead atoms. The van der Waals surface area contributed by atoms with Gasteiger partial charge in [-0.15, -0.1) is 0 Å². The van der Waals surface area contributed by atoms with Crippen molar-refractivity contribution in [1.29, 1.82) is 5.26 Å². The minimum atomic E-state index is -0.557. The van der Waals surface area contributed by atoms with Gasteiger partial charge in [0.1, 0.15) is 35.6 Å². The van der Waals surface area contributed by atoms with E-state index < -0.39 is 5.92 Å². The monoisotopic (exact) mass is 494 g/mol. The summed E-state index contributed by atoms with van der Waals surface area (Å²) in [6.45, 7) is 0.264. The Bertz CT molecular complexity index is 1300. The topological polar surface area (TPSA) is 86.7 Å². The van der Waals surface area contributed by atoms with Gasteiger partial charge in [-0.3, -0.25) is 0 Å². The first-order valence-corrected chi connectivity index (χ1v) is 10.5. The van der Waals surface area contributed by atoms with Crippen molar-refractivity contribution in [3.05, 3.63) is 93.0 Å². The van der Waals surface area contributed by atoms with Crippen molar-refractivity contribution in [1.82, 2.24) is 0 Å². The van der Waals surface area contributed by atoms with Gasteiger partial charge in [-0.2, -0.15) is 5.26 Å². The van der Waals surface area contributed by atoms with Crippen molar-refractivity contribution in [2.45, 2.75) is 12.5 Å². The summed E-state index contributed by atoms with van der Waals surface area (Å²) in [5, 5.41) is 9.89. The number of rotatable bonds is 4. The average molecular weight is 495 g/mol. The molecule has 0 amide bonds. The predicted molar refractivity (Wildman–Crippen MR) is 117 cm³/mol. The van der Waals surface area contributed by atoms with E-state index in [2.05, 4.69) is 22.0 Å². The van der Waals surface area contributed by atoms with E-state index in [0.717, 1.165) is 4.47 Å². The van der Waals surface area contributed by atoms with E-state index in [-0.39, 0.29) is 30.7 Å². The number of ether oxygens (including phenoxy) is 4. The molecule has 2 aliphatic heterocycles. The van der Waals surface area contributed by atoms with E-state index in [1.807, 2.05) is 12.1 Å². The van der Waals surface area contributed by atoms with Crippen LogP contribution in [-0.4, -0.2) is 6.79 Å². The minimum absolute atomic E-state index is 0.0138. The SMILES string of the molecule is N#CC1=C(N)Oc2cc3c(cc2[C@H]1c1cc(Br)ccc1OCc1cccc(F)c1)OCO3. The highest BCUT2D eigenvalue weighted by Gasteiger charge is 2.35. The first kappa shape index (κ1) is 20.2. The van der Waals surface area contributed by atoms with Crippen LogP contribution in [0, 0.1) is 17.1 Å². The fourth-order valence-corrected chi connectivity index (χ4v) is 4.21. The number of benzene rings is 3. The lowest BCUT2D eigenvalue weighted by Crippen LogP contribution is -2.21. The fourth-order valence-electron chi connectivity index (χ4n) is 3.83. The quantitative estimate of drug-likeness (QED) is 0.541. The second kappa shape index (κ2) is 8.09. The highest BCUT2D eigenvalue weighted by atomic mass is 79.9. The molecular formula is C24H16BrFN2O4. The molecule has 32 heavy (non-hydrogen) atoms. The summed E-state index contributed by atoms with van der Waals surface area (Å²) in [5.41, 5.74) is 8.47. The molecule has 0 saturated carbocycles. The Morgan fingerprint density at radius 1 is 1.06 bits per heavy atom. The van der Waals surface area contributed by atoms with Gasteiger partial charge < -0.3 is 24.7 Å². The van der Waals surface area contributed by atoms with Crippen LogP contribution in [-0.2, 0) is 6.61 Å². The molecule has 0 spiro atoms. The summed E-state index contributed by atoms with van der Waals surface area (Å²) in [7, 11) is 0. The van der Waals surface area contributed by atoms with Crippen LogP contribution >= 0.6 is 15.9 Å². The molecule has 3 aromatic rings. The molecule has 0 aromatic heterocycles. The zero-order valence-corrected chi connectivity index (χ0v) is 18.2. The molecule has 0 radical (unpaired) electrons. The van der Waals surface area contributed by atoms with Crippen molar-refractivity contribution in [3.8, 4) is 29.1 Å². The van der Waals surface area contributed by atoms with E-state index >= 15 is 0 Å². The Kier molecular flexibility index (Phi) is 5.11. The van der Waals surface area contributed by atoms with Gasteiger partial charge in [-0.05, 0) is 42.0 Å². The van der Waals surface area contributed by atoms with Gasteiger partial charge in [0.05, 0.1) is 5.92 Å². The van der Waals surface area contributed by atoms with E-state index in [0.29, 0.717) is 39.7 Å². The van der Waals surface area contributed by atoms with Gasteiger partial charge in [0.2, 0.25) is 12.7 Å². The summed E-state index contributed by atoms with van der Waals surface area (Å²) in [4.78, 5) is 0. The number of nitrogens with zero attached hydrogens (tertiary/aromatic N) is 1. The number of hydrogen-bond acceptors (Lipinski definition) is 6. The first-order chi connectivity index (χ1) is 15.5. The van der Waals surface area contributed by atoms with Gasteiger partial charge in [0, 0.05) is 21.7 Å². The molecular weight excluding hydrogens is 479 g/mol. The second-order valence-electron chi connectivity index (χ2n) is 7.27. The third kappa shape index (κ3) is 3.61. The van der Waals surface area contributed by atoms with Crippen LogP contribution in [0.1, 0.15) is 22.6 Å². The van der Waals surface area contributed by atoms with Gasteiger partial charge >= 0.3 is 0 Å². The van der Waals surface area contributed by atoms with Crippen LogP contribution in [0.15, 0.2) is 70.5 Å². The number of halogens is 2. The van der Waals surface area contributed by atoms with Gasteiger partial charge in [-0.1, -0.05) is 28.1 Å². The molecule has 1 atom stereocenters. The van der Waals surface area contributed by atoms with Crippen molar-refractivity contribution >= 4 is 15.9 Å². The Labute approximate surface area is 191 Å². The van der Waals surface area contributed by atoms with Crippen LogP contribution in [0.2, 0.25) is 0 Å². The van der Waals surface area contributed by atoms with Gasteiger partial charge in [-0.25, -0.2) is 4.39 Å². The highest BCUT2D eigenvalue weighted by Crippen LogP contribution is 2.49. The number of nitriles is 1. The van der Waals surface area contributed by atoms with Crippen LogP contribution in [0.4, 0.5) is 4.39 Å². The zero-order valence-electron chi connectivity index (χ0n) is 16.6. The maximum Gasteiger partial charge on any atom is 0.231 e. The number of allylic oxidation sites excluding steroid dienone is 1. The molecule has 3 aromatic carbocycles. The predicted octanol–water partition coefficient (Wildman–Crippen LogP) is 5.11. The van der Waals surface area contributed by atoms with Crippen molar-refractivity contribution in [2.24, 2.45) is 5.73 Å². The molecule has 0 fully saturated rings. The number of fused-ring (bicyclic) bond motifs is 2. The Morgan fingerprint density at radius 2 is 1.88 bits per heavy atom. The van der Waals surface area contributed by atoms with Gasteiger partial charge in [0.15, 0.2) is 11.5 Å². The Balaban J connectivity index is 1.60. The maximum atomic E-state index is 13.6. The maximum absolute atomic E-state index is 13.6. The highest BCUT2D eigenvalue weighted by molar-refractivity contribution is 9.10. The third-order valence-corrected chi connectivity index (χ3v) is 5.77. The van der Waals surface area contributed by atoms with Crippen LogP contribution in [0.5, 0.6) is 23.0 Å². The van der Waals surface area contributed by atoms with Crippen LogP contribution < -0.4 is 24.7 Å². The molecule has 5 rings (SSSR count). The third-order valence-electron chi connectivity index (χ3n) is 5.28. The summed E-state index contributed by atoms with van der Waals surface area (Å²) in [5.74, 6) is 1.25. The molecule has 8 heteroatoms. The molecule has 2 aliphatic rings. The van der Waals surface area contributed by atoms with Crippen molar-refractivity contribution in [2.75, 3.05) is 6.79 Å². The van der Waals surface area contributed by atoms with Gasteiger partial charge in [0.25, 0.3) is 0 Å². The zero-order chi connectivity index (χ0) is 22.2. The summed E-state index contributed by atoms with van der Waals surface area (Å²) < 4.78 is 37.2. The summed E-state index contributed by atoms with van der Waals surface area (Å²) in [6.07, 6.45) is 0. The lowest BCUT2D eigenvalue weighted by Gasteiger charge is -2.28. The summed E-state index contributed by atoms with van der Waals surface area (Å²) >= 11 is 3.50. The lowest BCUT2D eigenvalue weighted by atomic mass is 9.83. The summed E-state index contributed by atoms with van der Waals surface area (Å²) in [6, 6.07) is 17.4. The lowest BCUT2D eigenvalue weighted by molar-refractivity contribution is 0.174.